The Balaban J connectivity index is 1.44. The Morgan fingerprint density at radius 1 is 0.975 bits per heavy atom. The number of non-ortho nitro benzene ring substituents is 1. The predicted octanol–water partition coefficient (Wildman–Crippen LogP) is 5.34. The molecule has 0 radical (unpaired) electrons. The summed E-state index contributed by atoms with van der Waals surface area (Å²) in [6, 6.07) is 16.8. The van der Waals surface area contributed by atoms with Gasteiger partial charge >= 0.3 is 5.97 Å². The lowest BCUT2D eigenvalue weighted by molar-refractivity contribution is -0.384. The Kier molecular flexibility index (Phi) is 9.02. The number of benzene rings is 3. The van der Waals surface area contributed by atoms with Crippen LogP contribution in [0.3, 0.4) is 0 Å². The Labute approximate surface area is 233 Å². The molecular formula is C28H24N2O9S. The van der Waals surface area contributed by atoms with Crippen molar-refractivity contribution in [1.29, 1.82) is 0 Å². The Morgan fingerprint density at radius 2 is 1.70 bits per heavy atom. The van der Waals surface area contributed by atoms with Gasteiger partial charge in [0, 0.05) is 12.1 Å². The maximum atomic E-state index is 12.9. The second kappa shape index (κ2) is 12.8. The molecular weight excluding hydrogens is 540 g/mol. The zero-order chi connectivity index (χ0) is 28.6. The molecule has 0 unspecified atom stereocenters. The van der Waals surface area contributed by atoms with Gasteiger partial charge in [0.1, 0.15) is 6.61 Å². The van der Waals surface area contributed by atoms with Crippen LogP contribution in [0.2, 0.25) is 0 Å². The van der Waals surface area contributed by atoms with Crippen molar-refractivity contribution in [1.82, 2.24) is 4.90 Å². The molecule has 0 N–H and O–H groups in total. The van der Waals surface area contributed by atoms with Crippen molar-refractivity contribution >= 4 is 40.6 Å². The number of nitro groups is 1. The van der Waals surface area contributed by atoms with Crippen LogP contribution >= 0.6 is 11.8 Å². The molecule has 1 fully saturated rings. The van der Waals surface area contributed by atoms with Crippen molar-refractivity contribution in [2.75, 3.05) is 26.9 Å². The average Bonchev–Trinajstić information content (AvgIpc) is 3.22. The number of nitrogens with zero attached hydrogens (tertiary/aromatic N) is 2. The molecule has 4 rings (SSSR count). The second-order valence-corrected chi connectivity index (χ2v) is 9.16. The number of nitro benzene ring substituents is 1. The van der Waals surface area contributed by atoms with Crippen molar-refractivity contribution < 1.29 is 38.3 Å². The third-order valence-corrected chi connectivity index (χ3v) is 6.50. The van der Waals surface area contributed by atoms with E-state index in [-0.39, 0.29) is 47.4 Å². The Bertz CT molecular complexity index is 1470. The number of esters is 1. The number of ether oxygens (including phenoxy) is 4. The number of hydrogen-bond donors (Lipinski definition) is 0. The lowest BCUT2D eigenvalue weighted by atomic mass is 10.1. The molecule has 0 aliphatic carbocycles. The maximum Gasteiger partial charge on any atom is 0.343 e. The SMILES string of the molecule is CCOc1cc(/C=C2\SC(=O)N(CCOc3ccccc3OC)C2=O)ccc1OC(=O)c1ccc([N+](=O)[O-])cc1. The van der Waals surface area contributed by atoms with E-state index in [1.54, 1.807) is 49.4 Å². The lowest BCUT2D eigenvalue weighted by Crippen LogP contribution is -2.32. The summed E-state index contributed by atoms with van der Waals surface area (Å²) in [5.74, 6) is 0.249. The second-order valence-electron chi connectivity index (χ2n) is 8.17. The van der Waals surface area contributed by atoms with Crippen LogP contribution in [0.4, 0.5) is 10.5 Å². The first-order valence-corrected chi connectivity index (χ1v) is 12.9. The molecule has 40 heavy (non-hydrogen) atoms. The summed E-state index contributed by atoms with van der Waals surface area (Å²) in [5, 5.41) is 10.4. The summed E-state index contributed by atoms with van der Waals surface area (Å²) in [5.41, 5.74) is 0.527. The number of thioether (sulfide) groups is 1. The topological polar surface area (TPSA) is 135 Å². The van der Waals surface area contributed by atoms with E-state index >= 15 is 0 Å². The van der Waals surface area contributed by atoms with Gasteiger partial charge in [0.2, 0.25) is 0 Å². The van der Waals surface area contributed by atoms with Gasteiger partial charge in [-0.1, -0.05) is 18.2 Å². The summed E-state index contributed by atoms with van der Waals surface area (Å²) in [6.07, 6.45) is 1.55. The number of methoxy groups -OCH3 is 1. The number of amides is 2. The van der Waals surface area contributed by atoms with Crippen LogP contribution in [0.1, 0.15) is 22.8 Å². The van der Waals surface area contributed by atoms with E-state index in [1.807, 2.05) is 0 Å². The zero-order valence-corrected chi connectivity index (χ0v) is 22.3. The van der Waals surface area contributed by atoms with Gasteiger partial charge < -0.3 is 18.9 Å². The number of para-hydroxylation sites is 2. The minimum Gasteiger partial charge on any atom is -0.493 e. The number of rotatable bonds is 11. The predicted molar refractivity (Wildman–Crippen MR) is 147 cm³/mol. The van der Waals surface area contributed by atoms with Gasteiger partial charge in [-0.3, -0.25) is 24.6 Å². The van der Waals surface area contributed by atoms with Gasteiger partial charge in [-0.25, -0.2) is 4.79 Å². The van der Waals surface area contributed by atoms with Crippen molar-refractivity contribution in [3.8, 4) is 23.0 Å². The van der Waals surface area contributed by atoms with E-state index in [9.17, 15) is 24.5 Å². The maximum absolute atomic E-state index is 12.9. The van der Waals surface area contributed by atoms with E-state index in [0.29, 0.717) is 17.1 Å². The van der Waals surface area contributed by atoms with Crippen molar-refractivity contribution in [2.45, 2.75) is 6.92 Å². The fourth-order valence-corrected chi connectivity index (χ4v) is 4.54. The van der Waals surface area contributed by atoms with Gasteiger partial charge in [0.25, 0.3) is 16.8 Å². The van der Waals surface area contributed by atoms with E-state index in [4.69, 9.17) is 18.9 Å². The number of carbonyl (C=O) groups is 3. The molecule has 0 bridgehead atoms. The normalized spacial score (nSPS) is 13.8. The molecule has 1 heterocycles. The van der Waals surface area contributed by atoms with Crippen LogP contribution in [0.25, 0.3) is 6.08 Å². The first-order valence-electron chi connectivity index (χ1n) is 12.1. The summed E-state index contributed by atoms with van der Waals surface area (Å²) < 4.78 is 22.0. The molecule has 206 valence electrons. The van der Waals surface area contributed by atoms with Gasteiger partial charge in [-0.2, -0.15) is 0 Å². The van der Waals surface area contributed by atoms with Gasteiger partial charge in [-0.15, -0.1) is 0 Å². The molecule has 1 aliphatic rings. The quantitative estimate of drug-likeness (QED) is 0.0988. The highest BCUT2D eigenvalue weighted by Gasteiger charge is 2.35. The third-order valence-electron chi connectivity index (χ3n) is 5.60. The van der Waals surface area contributed by atoms with E-state index in [0.717, 1.165) is 16.7 Å². The summed E-state index contributed by atoms with van der Waals surface area (Å²) >= 11 is 0.809. The van der Waals surface area contributed by atoms with Crippen LogP contribution in [-0.2, 0) is 4.79 Å². The third kappa shape index (κ3) is 6.59. The van der Waals surface area contributed by atoms with E-state index in [2.05, 4.69) is 0 Å². The van der Waals surface area contributed by atoms with Crippen LogP contribution in [0.15, 0.2) is 71.6 Å². The molecule has 0 atom stereocenters. The molecule has 2 amide bonds. The highest BCUT2D eigenvalue weighted by atomic mass is 32.2. The van der Waals surface area contributed by atoms with Gasteiger partial charge in [0.15, 0.2) is 23.0 Å². The molecule has 11 nitrogen and oxygen atoms in total. The summed E-state index contributed by atoms with van der Waals surface area (Å²) in [7, 11) is 1.52. The van der Waals surface area contributed by atoms with Crippen molar-refractivity contribution in [3.63, 3.8) is 0 Å². The largest absolute Gasteiger partial charge is 0.493 e. The fraction of sp³-hybridized carbons (Fsp3) is 0.179. The Hall–Kier alpha value is -4.84. The molecule has 0 spiro atoms. The van der Waals surface area contributed by atoms with Gasteiger partial charge in [-0.05, 0) is 66.7 Å². The Morgan fingerprint density at radius 3 is 2.38 bits per heavy atom. The summed E-state index contributed by atoms with van der Waals surface area (Å²) in [6.45, 7) is 2.18. The number of imide groups is 1. The van der Waals surface area contributed by atoms with Crippen LogP contribution in [-0.4, -0.2) is 53.8 Å². The number of hydrogen-bond acceptors (Lipinski definition) is 10. The van der Waals surface area contributed by atoms with Crippen LogP contribution < -0.4 is 18.9 Å². The molecule has 0 saturated carbocycles. The molecule has 12 heteroatoms. The van der Waals surface area contributed by atoms with Crippen molar-refractivity contribution in [3.05, 3.63) is 92.9 Å². The fourth-order valence-electron chi connectivity index (χ4n) is 3.67. The van der Waals surface area contributed by atoms with Crippen molar-refractivity contribution in [2.24, 2.45) is 0 Å². The molecule has 0 aromatic heterocycles. The van der Waals surface area contributed by atoms with E-state index < -0.39 is 22.0 Å². The number of carbonyl (C=O) groups excluding carboxylic acids is 3. The monoisotopic (exact) mass is 564 g/mol. The minimum atomic E-state index is -0.722. The van der Waals surface area contributed by atoms with E-state index in [1.165, 1.54) is 37.4 Å². The smallest absolute Gasteiger partial charge is 0.343 e. The molecule has 3 aromatic rings. The highest BCUT2D eigenvalue weighted by molar-refractivity contribution is 8.18. The molecule has 1 aliphatic heterocycles. The average molecular weight is 565 g/mol. The van der Waals surface area contributed by atoms with Crippen LogP contribution in [0, 0.1) is 10.1 Å². The van der Waals surface area contributed by atoms with Crippen LogP contribution in [0.5, 0.6) is 23.0 Å². The highest BCUT2D eigenvalue weighted by Crippen LogP contribution is 2.35. The standard InChI is InChI=1S/C28H24N2O9S/c1-3-37-24-16-18(8-13-23(24)39-27(32)19-9-11-20(12-10-19)30(34)35)17-25-26(31)29(28(33)40-25)14-15-38-22-7-5-4-6-21(22)36-2/h4-13,16-17H,3,14-15H2,1-2H3/b25-17-. The first kappa shape index (κ1) is 28.2. The molecule has 3 aromatic carbocycles. The summed E-state index contributed by atoms with van der Waals surface area (Å²) in [4.78, 5) is 49.6. The van der Waals surface area contributed by atoms with Gasteiger partial charge in [0.05, 0.1) is 35.7 Å². The molecule has 1 saturated heterocycles. The minimum absolute atomic E-state index is 0.0573. The first-order chi connectivity index (χ1) is 19.3. The lowest BCUT2D eigenvalue weighted by Gasteiger charge is -2.14. The zero-order valence-electron chi connectivity index (χ0n) is 21.5.